The Kier molecular flexibility index (Phi) is 5.86. The number of anilines is 1. The van der Waals surface area contributed by atoms with Crippen molar-refractivity contribution in [2.24, 2.45) is 0 Å². The lowest BCUT2D eigenvalue weighted by Gasteiger charge is -2.39. The molecule has 0 N–H and O–H groups in total. The first-order valence-corrected chi connectivity index (χ1v) is 8.95. The number of hydrogen-bond acceptors (Lipinski definition) is 5. The van der Waals surface area contributed by atoms with Crippen LogP contribution in [-0.2, 0) is 11.3 Å². The summed E-state index contributed by atoms with van der Waals surface area (Å²) in [5.41, 5.74) is 1.90. The summed E-state index contributed by atoms with van der Waals surface area (Å²) in [5.74, 6) is 2.35. The summed E-state index contributed by atoms with van der Waals surface area (Å²) >= 11 is 0. The fourth-order valence-corrected chi connectivity index (χ4v) is 3.54. The molecule has 1 atom stereocenters. The molecular formula is C21H26N2O4. The molecule has 1 aliphatic rings. The highest BCUT2D eigenvalue weighted by Gasteiger charge is 2.31. The van der Waals surface area contributed by atoms with Crippen molar-refractivity contribution in [1.82, 2.24) is 4.90 Å². The molecule has 0 aliphatic carbocycles. The van der Waals surface area contributed by atoms with Crippen LogP contribution in [0.1, 0.15) is 12.5 Å². The Hall–Kier alpha value is -2.73. The standard InChI is InChI=1S/C21H26N2O4/c1-15-12-22(13-16-8-9-19(26-3)11-20(16)27-4)14-21(24)23(15)17-6-5-7-18(10-17)25-2/h5-11,15H,12-14H2,1-4H3. The Labute approximate surface area is 160 Å². The van der Waals surface area contributed by atoms with Crippen LogP contribution in [0.2, 0.25) is 0 Å². The van der Waals surface area contributed by atoms with Crippen molar-refractivity contribution < 1.29 is 19.0 Å². The number of carbonyl (C=O) groups is 1. The molecule has 1 saturated heterocycles. The molecule has 3 rings (SSSR count). The molecule has 0 radical (unpaired) electrons. The first kappa shape index (κ1) is 19.0. The Morgan fingerprint density at radius 3 is 2.41 bits per heavy atom. The first-order chi connectivity index (χ1) is 13.0. The Bertz CT molecular complexity index is 809. The third-order valence-corrected chi connectivity index (χ3v) is 4.81. The normalized spacial score (nSPS) is 17.7. The maximum absolute atomic E-state index is 12.9. The molecule has 0 saturated carbocycles. The highest BCUT2D eigenvalue weighted by molar-refractivity contribution is 5.96. The van der Waals surface area contributed by atoms with Crippen molar-refractivity contribution in [1.29, 1.82) is 0 Å². The van der Waals surface area contributed by atoms with E-state index in [1.165, 1.54) is 0 Å². The minimum Gasteiger partial charge on any atom is -0.497 e. The molecule has 1 fully saturated rings. The number of hydrogen-bond donors (Lipinski definition) is 0. The van der Waals surface area contributed by atoms with Gasteiger partial charge in [-0.2, -0.15) is 0 Å². The zero-order valence-electron chi connectivity index (χ0n) is 16.3. The zero-order chi connectivity index (χ0) is 19.4. The molecule has 0 bridgehead atoms. The highest BCUT2D eigenvalue weighted by Crippen LogP contribution is 2.29. The summed E-state index contributed by atoms with van der Waals surface area (Å²) in [6.07, 6.45) is 0. The number of amides is 1. The van der Waals surface area contributed by atoms with Gasteiger partial charge < -0.3 is 19.1 Å². The Balaban J connectivity index is 1.74. The lowest BCUT2D eigenvalue weighted by atomic mass is 10.1. The van der Waals surface area contributed by atoms with Crippen LogP contribution in [0.4, 0.5) is 5.69 Å². The van der Waals surface area contributed by atoms with Crippen molar-refractivity contribution in [2.75, 3.05) is 39.3 Å². The summed E-state index contributed by atoms with van der Waals surface area (Å²) in [6, 6.07) is 13.5. The molecule has 6 nitrogen and oxygen atoms in total. The van der Waals surface area contributed by atoms with Crippen LogP contribution in [0, 0.1) is 0 Å². The quantitative estimate of drug-likeness (QED) is 0.783. The molecule has 2 aromatic carbocycles. The number of carbonyl (C=O) groups excluding carboxylic acids is 1. The van der Waals surface area contributed by atoms with Crippen LogP contribution in [0.25, 0.3) is 0 Å². The maximum Gasteiger partial charge on any atom is 0.241 e. The molecule has 0 aromatic heterocycles. The second kappa shape index (κ2) is 8.31. The van der Waals surface area contributed by atoms with E-state index in [2.05, 4.69) is 11.8 Å². The zero-order valence-corrected chi connectivity index (χ0v) is 16.3. The van der Waals surface area contributed by atoms with Gasteiger partial charge in [0.1, 0.15) is 17.2 Å². The number of ether oxygens (including phenoxy) is 3. The maximum atomic E-state index is 12.9. The van der Waals surface area contributed by atoms with Crippen LogP contribution in [0.3, 0.4) is 0 Å². The lowest BCUT2D eigenvalue weighted by molar-refractivity contribution is -0.122. The summed E-state index contributed by atoms with van der Waals surface area (Å²) in [4.78, 5) is 16.9. The molecule has 2 aromatic rings. The van der Waals surface area contributed by atoms with Crippen molar-refractivity contribution in [3.8, 4) is 17.2 Å². The van der Waals surface area contributed by atoms with Gasteiger partial charge in [-0.1, -0.05) is 12.1 Å². The second-order valence-corrected chi connectivity index (χ2v) is 6.66. The van der Waals surface area contributed by atoms with E-state index in [-0.39, 0.29) is 11.9 Å². The number of benzene rings is 2. The Morgan fingerprint density at radius 1 is 1.00 bits per heavy atom. The summed E-state index contributed by atoms with van der Waals surface area (Å²) < 4.78 is 16.0. The van der Waals surface area contributed by atoms with Gasteiger partial charge in [0.05, 0.1) is 27.9 Å². The largest absolute Gasteiger partial charge is 0.497 e. The van der Waals surface area contributed by atoms with E-state index in [0.717, 1.165) is 35.0 Å². The third kappa shape index (κ3) is 4.17. The van der Waals surface area contributed by atoms with E-state index in [9.17, 15) is 4.79 Å². The topological polar surface area (TPSA) is 51.2 Å². The molecule has 27 heavy (non-hydrogen) atoms. The van der Waals surface area contributed by atoms with Crippen LogP contribution < -0.4 is 19.1 Å². The molecule has 1 unspecified atom stereocenters. The van der Waals surface area contributed by atoms with E-state index < -0.39 is 0 Å². The van der Waals surface area contributed by atoms with Gasteiger partial charge in [0.2, 0.25) is 5.91 Å². The smallest absolute Gasteiger partial charge is 0.241 e. The molecule has 0 spiro atoms. The highest BCUT2D eigenvalue weighted by atomic mass is 16.5. The SMILES string of the molecule is COc1cccc(N2C(=O)CN(Cc3ccc(OC)cc3OC)CC2C)c1. The lowest BCUT2D eigenvalue weighted by Crippen LogP contribution is -2.55. The van der Waals surface area contributed by atoms with E-state index in [1.54, 1.807) is 21.3 Å². The Morgan fingerprint density at radius 2 is 1.74 bits per heavy atom. The average molecular weight is 370 g/mol. The fourth-order valence-electron chi connectivity index (χ4n) is 3.54. The molecule has 1 heterocycles. The van der Waals surface area contributed by atoms with Gasteiger partial charge in [0, 0.05) is 42.5 Å². The summed E-state index contributed by atoms with van der Waals surface area (Å²) in [5, 5.41) is 0. The predicted molar refractivity (Wildman–Crippen MR) is 105 cm³/mol. The van der Waals surface area contributed by atoms with Crippen LogP contribution >= 0.6 is 0 Å². The van der Waals surface area contributed by atoms with E-state index in [4.69, 9.17) is 14.2 Å². The van der Waals surface area contributed by atoms with Gasteiger partial charge >= 0.3 is 0 Å². The molecule has 1 amide bonds. The predicted octanol–water partition coefficient (Wildman–Crippen LogP) is 2.95. The van der Waals surface area contributed by atoms with Gasteiger partial charge in [-0.15, -0.1) is 0 Å². The minimum atomic E-state index is 0.0580. The minimum absolute atomic E-state index is 0.0580. The monoisotopic (exact) mass is 370 g/mol. The third-order valence-electron chi connectivity index (χ3n) is 4.81. The number of rotatable bonds is 6. The first-order valence-electron chi connectivity index (χ1n) is 8.95. The van der Waals surface area contributed by atoms with E-state index in [1.807, 2.05) is 47.4 Å². The van der Waals surface area contributed by atoms with E-state index >= 15 is 0 Å². The molecule has 1 aliphatic heterocycles. The number of piperazine rings is 1. The molecule has 144 valence electrons. The van der Waals surface area contributed by atoms with Gasteiger partial charge in [-0.3, -0.25) is 9.69 Å². The van der Waals surface area contributed by atoms with Gasteiger partial charge in [0.15, 0.2) is 0 Å². The average Bonchev–Trinajstić information content (AvgIpc) is 2.68. The summed E-state index contributed by atoms with van der Waals surface area (Å²) in [6.45, 7) is 3.85. The van der Waals surface area contributed by atoms with Gasteiger partial charge in [-0.25, -0.2) is 0 Å². The van der Waals surface area contributed by atoms with Crippen LogP contribution in [0.15, 0.2) is 42.5 Å². The van der Waals surface area contributed by atoms with Crippen molar-refractivity contribution in [3.05, 3.63) is 48.0 Å². The second-order valence-electron chi connectivity index (χ2n) is 6.66. The van der Waals surface area contributed by atoms with Crippen molar-refractivity contribution in [2.45, 2.75) is 19.5 Å². The van der Waals surface area contributed by atoms with Gasteiger partial charge in [0.25, 0.3) is 0 Å². The van der Waals surface area contributed by atoms with Crippen molar-refractivity contribution >= 4 is 11.6 Å². The van der Waals surface area contributed by atoms with Gasteiger partial charge in [-0.05, 0) is 25.1 Å². The van der Waals surface area contributed by atoms with Crippen LogP contribution in [-0.4, -0.2) is 51.3 Å². The van der Waals surface area contributed by atoms with Crippen molar-refractivity contribution in [3.63, 3.8) is 0 Å². The van der Waals surface area contributed by atoms with E-state index in [0.29, 0.717) is 13.1 Å². The number of nitrogens with zero attached hydrogens (tertiary/aromatic N) is 2. The van der Waals surface area contributed by atoms with Crippen LogP contribution in [0.5, 0.6) is 17.2 Å². The summed E-state index contributed by atoms with van der Waals surface area (Å²) in [7, 11) is 4.91. The fraction of sp³-hybridized carbons (Fsp3) is 0.381. The molecule has 6 heteroatoms. The molecular weight excluding hydrogens is 344 g/mol. The number of methoxy groups -OCH3 is 3.